The second-order valence-corrected chi connectivity index (χ2v) is 3.02. The third-order valence-corrected chi connectivity index (χ3v) is 2.03. The van der Waals surface area contributed by atoms with Gasteiger partial charge in [-0.15, -0.1) is 0 Å². The quantitative estimate of drug-likeness (QED) is 0.764. The highest BCUT2D eigenvalue weighted by Crippen LogP contribution is 2.21. The van der Waals surface area contributed by atoms with Crippen LogP contribution in [0.25, 0.3) is 10.9 Å². The van der Waals surface area contributed by atoms with Crippen molar-refractivity contribution < 1.29 is 4.79 Å². The zero-order valence-corrected chi connectivity index (χ0v) is 7.50. The van der Waals surface area contributed by atoms with E-state index in [0.29, 0.717) is 0 Å². The number of benzene rings is 1. The molecule has 1 amide bonds. The van der Waals surface area contributed by atoms with Crippen LogP contribution in [0, 0.1) is 0 Å². The van der Waals surface area contributed by atoms with Gasteiger partial charge in [0.05, 0.1) is 12.2 Å². The third kappa shape index (κ3) is 1.54. The predicted octanol–water partition coefficient (Wildman–Crippen LogP) is 1.39. The zero-order valence-electron chi connectivity index (χ0n) is 7.50. The fourth-order valence-electron chi connectivity index (χ4n) is 1.39. The molecule has 71 valence electrons. The van der Waals surface area contributed by atoms with Crippen molar-refractivity contribution in [2.75, 3.05) is 11.9 Å². The molecule has 0 atom stereocenters. The van der Waals surface area contributed by atoms with Gasteiger partial charge < -0.3 is 10.3 Å². The van der Waals surface area contributed by atoms with Crippen molar-refractivity contribution in [1.29, 1.82) is 0 Å². The number of fused-ring (bicyclic) bond motifs is 1. The van der Waals surface area contributed by atoms with Crippen molar-refractivity contribution in [3.63, 3.8) is 0 Å². The van der Waals surface area contributed by atoms with E-state index in [1.807, 2.05) is 24.3 Å². The molecular formula is C10H10N3O. The van der Waals surface area contributed by atoms with Gasteiger partial charge in [0.1, 0.15) is 0 Å². The number of amides is 1. The second-order valence-electron chi connectivity index (χ2n) is 3.02. The maximum atomic E-state index is 10.5. The molecule has 0 aliphatic carbocycles. The van der Waals surface area contributed by atoms with Gasteiger partial charge in [-0.1, -0.05) is 18.2 Å². The first-order valence-corrected chi connectivity index (χ1v) is 4.32. The average Bonchev–Trinajstić information content (AvgIpc) is 2.58. The van der Waals surface area contributed by atoms with E-state index in [0.717, 1.165) is 16.6 Å². The van der Waals surface area contributed by atoms with E-state index < -0.39 is 5.91 Å². The number of H-pyrrole nitrogens is 1. The van der Waals surface area contributed by atoms with Crippen LogP contribution in [0.4, 0.5) is 5.69 Å². The van der Waals surface area contributed by atoms with Crippen LogP contribution in [0.15, 0.2) is 30.5 Å². The minimum Gasteiger partial charge on any atom is -0.374 e. The molecule has 1 aromatic carbocycles. The standard InChI is InChI=1S/C10H10N3O/c11-10(14)6-13-9-5-12-8-4-2-1-3-7(8)9/h1-5,11-13H,6H2. The molecule has 0 fully saturated rings. The number of carbonyl (C=O) groups is 1. The van der Waals surface area contributed by atoms with E-state index in [9.17, 15) is 4.79 Å². The lowest BCUT2D eigenvalue weighted by atomic mass is 10.2. The summed E-state index contributed by atoms with van der Waals surface area (Å²) in [5.74, 6) is -0.615. The Labute approximate surface area is 81.1 Å². The van der Waals surface area contributed by atoms with Gasteiger partial charge in [0.15, 0.2) is 0 Å². The van der Waals surface area contributed by atoms with Gasteiger partial charge >= 0.3 is 0 Å². The lowest BCUT2D eigenvalue weighted by Gasteiger charge is -1.99. The summed E-state index contributed by atoms with van der Waals surface area (Å²) in [5.41, 5.74) is 8.66. The number of aromatic amines is 1. The molecule has 0 bridgehead atoms. The molecule has 14 heavy (non-hydrogen) atoms. The summed E-state index contributed by atoms with van der Waals surface area (Å²) in [4.78, 5) is 13.5. The van der Waals surface area contributed by atoms with Gasteiger partial charge in [-0.05, 0) is 6.07 Å². The normalized spacial score (nSPS) is 10.3. The van der Waals surface area contributed by atoms with Crippen molar-refractivity contribution in [3.8, 4) is 0 Å². The molecule has 0 unspecified atom stereocenters. The van der Waals surface area contributed by atoms with Crippen molar-refractivity contribution in [2.45, 2.75) is 0 Å². The Hall–Kier alpha value is -1.97. The number of carbonyl (C=O) groups excluding carboxylic acids is 1. The van der Waals surface area contributed by atoms with Gasteiger partial charge in [-0.3, -0.25) is 10.5 Å². The number of hydrogen-bond donors (Lipinski definition) is 2. The maximum absolute atomic E-state index is 10.5. The molecule has 2 aromatic rings. The first-order valence-electron chi connectivity index (χ1n) is 4.32. The first-order chi connectivity index (χ1) is 6.77. The smallest absolute Gasteiger partial charge is 0.257 e. The number of nitrogens with one attached hydrogen (secondary N) is 3. The molecule has 0 saturated carbocycles. The van der Waals surface area contributed by atoms with Gasteiger partial charge in [0.2, 0.25) is 0 Å². The average molecular weight is 188 g/mol. The van der Waals surface area contributed by atoms with Crippen LogP contribution < -0.4 is 11.1 Å². The second kappa shape index (κ2) is 3.41. The summed E-state index contributed by atoms with van der Waals surface area (Å²) in [7, 11) is 0. The number of para-hydroxylation sites is 1. The molecule has 1 heterocycles. The molecule has 0 aliphatic heterocycles. The molecule has 1 aromatic heterocycles. The van der Waals surface area contributed by atoms with E-state index in [-0.39, 0.29) is 6.54 Å². The summed E-state index contributed by atoms with van der Waals surface area (Å²) in [6.45, 7) is 0.0435. The Balaban J connectivity index is 2.29. The van der Waals surface area contributed by atoms with E-state index in [4.69, 9.17) is 5.73 Å². The van der Waals surface area contributed by atoms with Crippen LogP contribution in [0.1, 0.15) is 0 Å². The van der Waals surface area contributed by atoms with Crippen LogP contribution in [0.2, 0.25) is 0 Å². The first kappa shape index (κ1) is 8.62. The molecule has 0 aliphatic rings. The Kier molecular flexibility index (Phi) is 2.10. The van der Waals surface area contributed by atoms with Crippen molar-refractivity contribution in [1.82, 2.24) is 10.7 Å². The number of aromatic nitrogens is 1. The molecule has 3 N–H and O–H groups in total. The number of rotatable bonds is 3. The Bertz CT molecular complexity index is 461. The summed E-state index contributed by atoms with van der Waals surface area (Å²) in [5, 5.41) is 3.93. The fourth-order valence-corrected chi connectivity index (χ4v) is 1.39. The summed E-state index contributed by atoms with van der Waals surface area (Å²) < 4.78 is 0. The van der Waals surface area contributed by atoms with Gasteiger partial charge in [-0.25, -0.2) is 0 Å². The third-order valence-electron chi connectivity index (χ3n) is 2.03. The monoisotopic (exact) mass is 188 g/mol. The van der Waals surface area contributed by atoms with E-state index >= 15 is 0 Å². The molecule has 1 radical (unpaired) electrons. The van der Waals surface area contributed by atoms with E-state index in [1.165, 1.54) is 0 Å². The van der Waals surface area contributed by atoms with Gasteiger partial charge in [-0.2, -0.15) is 0 Å². The van der Waals surface area contributed by atoms with Crippen LogP contribution >= 0.6 is 0 Å². The maximum Gasteiger partial charge on any atom is 0.257 e. The highest BCUT2D eigenvalue weighted by molar-refractivity contribution is 5.93. The van der Waals surface area contributed by atoms with Crippen molar-refractivity contribution in [3.05, 3.63) is 30.5 Å². The molecule has 4 nitrogen and oxygen atoms in total. The van der Waals surface area contributed by atoms with Crippen LogP contribution in [0.5, 0.6) is 0 Å². The van der Waals surface area contributed by atoms with Gasteiger partial charge in [0, 0.05) is 17.1 Å². The number of hydrogen-bond acceptors (Lipinski definition) is 2. The summed E-state index contributed by atoms with van der Waals surface area (Å²) in [6, 6.07) is 7.80. The lowest BCUT2D eigenvalue weighted by Crippen LogP contribution is -2.13. The van der Waals surface area contributed by atoms with Gasteiger partial charge in [0.25, 0.3) is 5.91 Å². The lowest BCUT2D eigenvalue weighted by molar-refractivity contribution is -0.117. The van der Waals surface area contributed by atoms with E-state index in [1.54, 1.807) is 6.20 Å². The Morgan fingerprint density at radius 3 is 3.00 bits per heavy atom. The molecule has 2 rings (SSSR count). The summed E-state index contributed by atoms with van der Waals surface area (Å²) >= 11 is 0. The van der Waals surface area contributed by atoms with Crippen molar-refractivity contribution >= 4 is 22.5 Å². The molecule has 0 spiro atoms. The topological polar surface area (TPSA) is 68.7 Å². The minimum absolute atomic E-state index is 0.0435. The highest BCUT2D eigenvalue weighted by Gasteiger charge is 2.02. The molecule has 0 saturated heterocycles. The zero-order chi connectivity index (χ0) is 9.97. The minimum atomic E-state index is -0.615. The fraction of sp³-hybridized carbons (Fsp3) is 0.100. The van der Waals surface area contributed by atoms with Crippen LogP contribution in [0.3, 0.4) is 0 Å². The Morgan fingerprint density at radius 2 is 2.21 bits per heavy atom. The number of anilines is 1. The molecular weight excluding hydrogens is 178 g/mol. The van der Waals surface area contributed by atoms with Crippen LogP contribution in [-0.2, 0) is 4.79 Å². The van der Waals surface area contributed by atoms with Crippen molar-refractivity contribution in [2.24, 2.45) is 0 Å². The largest absolute Gasteiger partial charge is 0.374 e. The highest BCUT2D eigenvalue weighted by atomic mass is 16.1. The molecule has 4 heteroatoms. The van der Waals surface area contributed by atoms with E-state index in [2.05, 4.69) is 10.3 Å². The van der Waals surface area contributed by atoms with Crippen LogP contribution in [-0.4, -0.2) is 17.4 Å². The predicted molar refractivity (Wildman–Crippen MR) is 54.9 cm³/mol. The SMILES string of the molecule is [NH]C(=O)CNc1c[nH]c2ccccc12. The Morgan fingerprint density at radius 1 is 1.43 bits per heavy atom. The summed E-state index contributed by atoms with van der Waals surface area (Å²) in [6.07, 6.45) is 1.80.